The van der Waals surface area contributed by atoms with Gasteiger partial charge in [0.2, 0.25) is 0 Å². The van der Waals surface area contributed by atoms with E-state index in [4.69, 9.17) is 18.0 Å². The average molecular weight is 181 g/mol. The smallest absolute Gasteiger partial charge is 0.0184 e. The van der Waals surface area contributed by atoms with Gasteiger partial charge in [0.15, 0.2) is 0 Å². The van der Waals surface area contributed by atoms with Crippen molar-refractivity contribution in [1.82, 2.24) is 0 Å². The lowest BCUT2D eigenvalue weighted by Crippen LogP contribution is -1.99. The number of benzene rings is 1. The molecule has 0 fully saturated rings. The van der Waals surface area contributed by atoms with Gasteiger partial charge in [0.05, 0.1) is 0 Å². The molecule has 1 aromatic rings. The number of nitrogens with two attached hydrogens (primary N) is 1. The van der Waals surface area contributed by atoms with Crippen LogP contribution in [0.25, 0.3) is 0 Å². The van der Waals surface area contributed by atoms with E-state index in [0.29, 0.717) is 6.54 Å². The SMILES string of the molecule is CC.NCc1ccccc1C=S. The van der Waals surface area contributed by atoms with E-state index < -0.39 is 0 Å². The molecule has 0 aliphatic rings. The van der Waals surface area contributed by atoms with E-state index in [2.05, 4.69) is 0 Å². The number of thiocarbonyl (C=S) groups is 1. The predicted molar refractivity (Wildman–Crippen MR) is 58.4 cm³/mol. The fourth-order valence-corrected chi connectivity index (χ4v) is 1.07. The molecular formula is C10H15NS. The summed E-state index contributed by atoms with van der Waals surface area (Å²) in [4.78, 5) is 0. The normalized spacial score (nSPS) is 8.25. The predicted octanol–water partition coefficient (Wildman–Crippen LogP) is 2.52. The van der Waals surface area contributed by atoms with Gasteiger partial charge in [-0.3, -0.25) is 0 Å². The Morgan fingerprint density at radius 1 is 1.33 bits per heavy atom. The minimum absolute atomic E-state index is 0.559. The number of rotatable bonds is 2. The van der Waals surface area contributed by atoms with Crippen LogP contribution >= 0.6 is 12.2 Å². The van der Waals surface area contributed by atoms with Crippen molar-refractivity contribution >= 4 is 17.6 Å². The molecule has 1 rings (SSSR count). The van der Waals surface area contributed by atoms with E-state index in [1.807, 2.05) is 38.1 Å². The second-order valence-electron chi connectivity index (χ2n) is 2.02. The molecule has 0 radical (unpaired) electrons. The molecular weight excluding hydrogens is 166 g/mol. The first-order chi connectivity index (χ1) is 5.88. The summed E-state index contributed by atoms with van der Waals surface area (Å²) < 4.78 is 0. The van der Waals surface area contributed by atoms with E-state index in [1.165, 1.54) is 0 Å². The Bertz CT molecular complexity index is 233. The minimum Gasteiger partial charge on any atom is -0.326 e. The standard InChI is InChI=1S/C8H9NS.C2H6/c9-5-7-3-1-2-4-8(7)6-10;1-2/h1-4,6H,5,9H2;1-2H3. The van der Waals surface area contributed by atoms with Crippen molar-refractivity contribution < 1.29 is 0 Å². The molecule has 0 saturated carbocycles. The van der Waals surface area contributed by atoms with Gasteiger partial charge in [0.25, 0.3) is 0 Å². The van der Waals surface area contributed by atoms with Gasteiger partial charge in [-0.2, -0.15) is 0 Å². The summed E-state index contributed by atoms with van der Waals surface area (Å²) in [5.74, 6) is 0. The fourth-order valence-electron chi connectivity index (χ4n) is 0.835. The van der Waals surface area contributed by atoms with Gasteiger partial charge in [-0.1, -0.05) is 50.3 Å². The van der Waals surface area contributed by atoms with Crippen molar-refractivity contribution in [2.75, 3.05) is 0 Å². The Labute approximate surface area is 79.6 Å². The zero-order valence-electron chi connectivity index (χ0n) is 7.58. The van der Waals surface area contributed by atoms with Gasteiger partial charge in [-0.25, -0.2) is 0 Å². The average Bonchev–Trinajstić information content (AvgIpc) is 2.20. The van der Waals surface area contributed by atoms with Crippen molar-refractivity contribution in [2.24, 2.45) is 5.73 Å². The van der Waals surface area contributed by atoms with Crippen LogP contribution in [0.2, 0.25) is 0 Å². The Hall–Kier alpha value is -0.730. The summed E-state index contributed by atoms with van der Waals surface area (Å²) in [6.07, 6.45) is 0. The van der Waals surface area contributed by atoms with Crippen LogP contribution in [-0.2, 0) is 6.54 Å². The van der Waals surface area contributed by atoms with Crippen LogP contribution < -0.4 is 5.73 Å². The lowest BCUT2D eigenvalue weighted by molar-refractivity contribution is 1.07. The quantitative estimate of drug-likeness (QED) is 0.709. The summed E-state index contributed by atoms with van der Waals surface area (Å²) in [6, 6.07) is 7.87. The summed E-state index contributed by atoms with van der Waals surface area (Å²) in [6.45, 7) is 4.56. The highest BCUT2D eigenvalue weighted by atomic mass is 32.1. The molecule has 0 atom stereocenters. The van der Waals surface area contributed by atoms with Crippen LogP contribution in [0, 0.1) is 0 Å². The molecule has 0 amide bonds. The van der Waals surface area contributed by atoms with Gasteiger partial charge in [0.1, 0.15) is 0 Å². The monoisotopic (exact) mass is 181 g/mol. The van der Waals surface area contributed by atoms with Crippen molar-refractivity contribution in [2.45, 2.75) is 20.4 Å². The Morgan fingerprint density at radius 3 is 2.33 bits per heavy atom. The minimum atomic E-state index is 0.559. The molecule has 12 heavy (non-hydrogen) atoms. The zero-order chi connectivity index (χ0) is 9.40. The van der Waals surface area contributed by atoms with E-state index >= 15 is 0 Å². The molecule has 0 aromatic heterocycles. The summed E-state index contributed by atoms with van der Waals surface area (Å²) in [7, 11) is 0. The van der Waals surface area contributed by atoms with Crippen LogP contribution in [0.1, 0.15) is 25.0 Å². The Morgan fingerprint density at radius 2 is 1.92 bits per heavy atom. The third-order valence-corrected chi connectivity index (χ3v) is 1.66. The second kappa shape index (κ2) is 6.95. The van der Waals surface area contributed by atoms with Gasteiger partial charge >= 0.3 is 0 Å². The van der Waals surface area contributed by atoms with E-state index in [1.54, 1.807) is 5.37 Å². The van der Waals surface area contributed by atoms with Crippen LogP contribution in [0.5, 0.6) is 0 Å². The third kappa shape index (κ3) is 3.11. The largest absolute Gasteiger partial charge is 0.326 e. The molecule has 2 heteroatoms. The molecule has 66 valence electrons. The summed E-state index contributed by atoms with van der Waals surface area (Å²) in [5.41, 5.74) is 7.62. The first-order valence-electron chi connectivity index (χ1n) is 4.11. The van der Waals surface area contributed by atoms with Crippen LogP contribution in [-0.4, -0.2) is 5.37 Å². The van der Waals surface area contributed by atoms with Crippen LogP contribution in [0.15, 0.2) is 24.3 Å². The highest BCUT2D eigenvalue weighted by Gasteiger charge is 1.92. The highest BCUT2D eigenvalue weighted by molar-refractivity contribution is 7.79. The van der Waals surface area contributed by atoms with Gasteiger partial charge < -0.3 is 5.73 Å². The van der Waals surface area contributed by atoms with E-state index in [-0.39, 0.29) is 0 Å². The number of hydrogen-bond acceptors (Lipinski definition) is 2. The van der Waals surface area contributed by atoms with Gasteiger partial charge in [0, 0.05) is 11.9 Å². The van der Waals surface area contributed by atoms with Crippen LogP contribution in [0.3, 0.4) is 0 Å². The topological polar surface area (TPSA) is 26.0 Å². The summed E-state index contributed by atoms with van der Waals surface area (Å²) >= 11 is 4.79. The van der Waals surface area contributed by atoms with E-state index in [0.717, 1.165) is 11.1 Å². The molecule has 0 heterocycles. The summed E-state index contributed by atoms with van der Waals surface area (Å²) in [5, 5.41) is 1.65. The van der Waals surface area contributed by atoms with Gasteiger partial charge in [-0.05, 0) is 11.1 Å². The molecule has 1 aromatic carbocycles. The molecule has 0 aliphatic heterocycles. The zero-order valence-corrected chi connectivity index (χ0v) is 8.40. The lowest BCUT2D eigenvalue weighted by Gasteiger charge is -1.98. The van der Waals surface area contributed by atoms with Crippen molar-refractivity contribution in [3.8, 4) is 0 Å². The molecule has 0 spiro atoms. The van der Waals surface area contributed by atoms with Crippen molar-refractivity contribution in [3.05, 3.63) is 35.4 Å². The number of hydrogen-bond donors (Lipinski definition) is 1. The molecule has 0 saturated heterocycles. The Balaban J connectivity index is 0.000000561. The maximum absolute atomic E-state index is 5.46. The lowest BCUT2D eigenvalue weighted by atomic mass is 10.1. The second-order valence-corrected chi connectivity index (χ2v) is 2.26. The molecule has 2 N–H and O–H groups in total. The Kier molecular flexibility index (Phi) is 6.53. The third-order valence-electron chi connectivity index (χ3n) is 1.40. The van der Waals surface area contributed by atoms with Crippen molar-refractivity contribution in [1.29, 1.82) is 0 Å². The molecule has 1 nitrogen and oxygen atoms in total. The maximum Gasteiger partial charge on any atom is 0.0184 e. The van der Waals surface area contributed by atoms with Gasteiger partial charge in [-0.15, -0.1) is 0 Å². The fraction of sp³-hybridized carbons (Fsp3) is 0.300. The molecule has 0 unspecified atom stereocenters. The molecule has 0 aliphatic carbocycles. The molecule has 0 bridgehead atoms. The first kappa shape index (κ1) is 11.3. The van der Waals surface area contributed by atoms with Crippen LogP contribution in [0.4, 0.5) is 0 Å². The van der Waals surface area contributed by atoms with Crippen molar-refractivity contribution in [3.63, 3.8) is 0 Å². The maximum atomic E-state index is 5.46. The van der Waals surface area contributed by atoms with E-state index in [9.17, 15) is 0 Å². The first-order valence-corrected chi connectivity index (χ1v) is 4.58. The highest BCUT2D eigenvalue weighted by Crippen LogP contribution is 2.04.